The summed E-state index contributed by atoms with van der Waals surface area (Å²) in [5.41, 5.74) is 1.91. The number of halogens is 2. The maximum atomic E-state index is 12.5. The van der Waals surface area contributed by atoms with Crippen LogP contribution in [0, 0.1) is 13.8 Å². The molecule has 0 fully saturated rings. The van der Waals surface area contributed by atoms with Crippen molar-refractivity contribution >= 4 is 47.6 Å². The first-order valence-electron chi connectivity index (χ1n) is 5.70. The Labute approximate surface area is 134 Å². The summed E-state index contributed by atoms with van der Waals surface area (Å²) in [5.74, 6) is 0. The molecule has 8 heteroatoms. The van der Waals surface area contributed by atoms with Gasteiger partial charge in [0.2, 0.25) is 0 Å². The third-order valence-corrected chi connectivity index (χ3v) is 5.77. The number of hydrogen-bond donors (Lipinski definition) is 1. The van der Waals surface area contributed by atoms with E-state index >= 15 is 0 Å². The van der Waals surface area contributed by atoms with Crippen LogP contribution in [0.15, 0.2) is 32.0 Å². The maximum Gasteiger partial charge on any atom is 0.263 e. The molecule has 0 saturated heterocycles. The minimum Gasteiger partial charge on any atom is -0.276 e. The van der Waals surface area contributed by atoms with Gasteiger partial charge in [-0.3, -0.25) is 9.40 Å². The summed E-state index contributed by atoms with van der Waals surface area (Å²) in [6.07, 6.45) is 0. The number of sulfonamides is 1. The quantitative estimate of drug-likeness (QED) is 0.824. The van der Waals surface area contributed by atoms with Gasteiger partial charge < -0.3 is 0 Å². The van der Waals surface area contributed by atoms with Crippen molar-refractivity contribution in [2.24, 2.45) is 7.05 Å². The third-order valence-electron chi connectivity index (χ3n) is 2.93. The lowest BCUT2D eigenvalue weighted by Gasteiger charge is -2.10. The van der Waals surface area contributed by atoms with Gasteiger partial charge in [0.1, 0.15) is 4.90 Å². The molecule has 0 aliphatic rings. The molecule has 5 nitrogen and oxygen atoms in total. The van der Waals surface area contributed by atoms with Crippen LogP contribution in [-0.4, -0.2) is 18.2 Å². The molecular formula is C12H13Br2N3O2S. The Morgan fingerprint density at radius 1 is 1.25 bits per heavy atom. The van der Waals surface area contributed by atoms with Gasteiger partial charge in [-0.1, -0.05) is 15.9 Å². The smallest absolute Gasteiger partial charge is 0.263 e. The van der Waals surface area contributed by atoms with Crippen molar-refractivity contribution in [3.8, 4) is 0 Å². The van der Waals surface area contributed by atoms with Crippen molar-refractivity contribution in [3.05, 3.63) is 38.5 Å². The number of benzene rings is 1. The topological polar surface area (TPSA) is 64.0 Å². The van der Waals surface area contributed by atoms with E-state index in [9.17, 15) is 8.42 Å². The molecule has 0 saturated carbocycles. The number of rotatable bonds is 3. The molecule has 1 aromatic heterocycles. The lowest BCUT2D eigenvalue weighted by molar-refractivity contribution is 0.600. The third kappa shape index (κ3) is 2.91. The normalized spacial score (nSPS) is 11.7. The highest BCUT2D eigenvalue weighted by molar-refractivity contribution is 9.11. The lowest BCUT2D eigenvalue weighted by Crippen LogP contribution is -2.14. The van der Waals surface area contributed by atoms with Gasteiger partial charge in [-0.05, 0) is 48.0 Å². The van der Waals surface area contributed by atoms with E-state index in [0.717, 1.165) is 5.69 Å². The fourth-order valence-corrected chi connectivity index (χ4v) is 4.47. The SMILES string of the molecule is Cc1nn(C)c(C)c1NS(=O)(=O)c1cc(Br)ccc1Br. The zero-order valence-electron chi connectivity index (χ0n) is 11.1. The van der Waals surface area contributed by atoms with E-state index in [4.69, 9.17) is 0 Å². The van der Waals surface area contributed by atoms with Crippen molar-refractivity contribution in [3.63, 3.8) is 0 Å². The highest BCUT2D eigenvalue weighted by atomic mass is 79.9. The Bertz CT molecular complexity index is 769. The summed E-state index contributed by atoms with van der Waals surface area (Å²) < 4.78 is 30.4. The predicted octanol–water partition coefficient (Wildman–Crippen LogP) is 3.36. The summed E-state index contributed by atoms with van der Waals surface area (Å²) in [4.78, 5) is 0.175. The van der Waals surface area contributed by atoms with Crippen LogP contribution in [0.5, 0.6) is 0 Å². The van der Waals surface area contributed by atoms with Crippen LogP contribution in [0.3, 0.4) is 0 Å². The van der Waals surface area contributed by atoms with Crippen molar-refractivity contribution in [1.82, 2.24) is 9.78 Å². The summed E-state index contributed by atoms with van der Waals surface area (Å²) in [5, 5.41) is 4.20. The van der Waals surface area contributed by atoms with E-state index in [-0.39, 0.29) is 4.90 Å². The lowest BCUT2D eigenvalue weighted by atomic mass is 10.3. The standard InChI is InChI=1S/C12H13Br2N3O2S/c1-7-12(8(2)17(3)15-7)16-20(18,19)11-6-9(13)4-5-10(11)14/h4-6,16H,1-3H3. The number of anilines is 1. The number of nitrogens with zero attached hydrogens (tertiary/aromatic N) is 2. The zero-order chi connectivity index (χ0) is 15.1. The molecule has 0 unspecified atom stereocenters. The summed E-state index contributed by atoms with van der Waals surface area (Å²) in [7, 11) is -1.91. The molecule has 0 amide bonds. The molecule has 0 bridgehead atoms. The number of nitrogens with one attached hydrogen (secondary N) is 1. The van der Waals surface area contributed by atoms with Gasteiger partial charge in [-0.25, -0.2) is 8.42 Å². The zero-order valence-corrected chi connectivity index (χ0v) is 15.1. The minimum atomic E-state index is -3.68. The van der Waals surface area contributed by atoms with Crippen LogP contribution in [0.2, 0.25) is 0 Å². The molecule has 108 valence electrons. The number of aryl methyl sites for hydroxylation is 2. The van der Waals surface area contributed by atoms with Crippen molar-refractivity contribution < 1.29 is 8.42 Å². The van der Waals surface area contributed by atoms with Gasteiger partial charge in [0.25, 0.3) is 10.0 Å². The van der Waals surface area contributed by atoms with E-state index in [1.54, 1.807) is 36.9 Å². The minimum absolute atomic E-state index is 0.175. The summed E-state index contributed by atoms with van der Waals surface area (Å²) >= 11 is 6.54. The van der Waals surface area contributed by atoms with Crippen LogP contribution in [0.25, 0.3) is 0 Å². The summed E-state index contributed by atoms with van der Waals surface area (Å²) in [6.45, 7) is 3.58. The fraction of sp³-hybridized carbons (Fsp3) is 0.250. The first-order valence-corrected chi connectivity index (χ1v) is 8.77. The van der Waals surface area contributed by atoms with Crippen molar-refractivity contribution in [2.45, 2.75) is 18.7 Å². The van der Waals surface area contributed by atoms with E-state index < -0.39 is 10.0 Å². The molecule has 0 radical (unpaired) electrons. The van der Waals surface area contributed by atoms with Crippen LogP contribution < -0.4 is 4.72 Å². The largest absolute Gasteiger partial charge is 0.276 e. The van der Waals surface area contributed by atoms with Crippen LogP contribution in [0.1, 0.15) is 11.4 Å². The van der Waals surface area contributed by atoms with Gasteiger partial charge in [-0.2, -0.15) is 5.10 Å². The summed E-state index contributed by atoms with van der Waals surface area (Å²) in [6, 6.07) is 5.00. The Morgan fingerprint density at radius 3 is 2.45 bits per heavy atom. The Hall–Kier alpha value is -0.860. The Balaban J connectivity index is 2.49. The molecule has 20 heavy (non-hydrogen) atoms. The Kier molecular flexibility index (Phi) is 4.27. The van der Waals surface area contributed by atoms with Crippen molar-refractivity contribution in [1.29, 1.82) is 0 Å². The average molecular weight is 423 g/mol. The predicted molar refractivity (Wildman–Crippen MR) is 85.3 cm³/mol. The molecule has 0 atom stereocenters. The Morgan fingerprint density at radius 2 is 1.90 bits per heavy atom. The molecule has 1 aromatic carbocycles. The van der Waals surface area contributed by atoms with Crippen LogP contribution in [-0.2, 0) is 17.1 Å². The van der Waals surface area contributed by atoms with Crippen LogP contribution in [0.4, 0.5) is 5.69 Å². The van der Waals surface area contributed by atoms with Crippen molar-refractivity contribution in [2.75, 3.05) is 4.72 Å². The first-order chi connectivity index (χ1) is 9.22. The number of hydrogen-bond acceptors (Lipinski definition) is 3. The highest BCUT2D eigenvalue weighted by Crippen LogP contribution is 2.29. The molecule has 0 aliphatic carbocycles. The maximum absolute atomic E-state index is 12.5. The van der Waals surface area contributed by atoms with Gasteiger partial charge in [0.05, 0.1) is 17.1 Å². The average Bonchev–Trinajstić information content (AvgIpc) is 2.59. The fourth-order valence-electron chi connectivity index (χ4n) is 1.79. The second-order valence-corrected chi connectivity index (χ2v) is 7.77. The second kappa shape index (κ2) is 5.50. The molecule has 0 spiro atoms. The highest BCUT2D eigenvalue weighted by Gasteiger charge is 2.21. The molecule has 0 aliphatic heterocycles. The van der Waals surface area contributed by atoms with Crippen LogP contribution >= 0.6 is 31.9 Å². The second-order valence-electron chi connectivity index (χ2n) is 4.35. The first kappa shape index (κ1) is 15.5. The van der Waals surface area contributed by atoms with Gasteiger partial charge >= 0.3 is 0 Å². The molecule has 2 rings (SSSR count). The van der Waals surface area contributed by atoms with E-state index in [0.29, 0.717) is 20.3 Å². The van der Waals surface area contributed by atoms with Gasteiger partial charge in [0.15, 0.2) is 0 Å². The van der Waals surface area contributed by atoms with E-state index in [1.165, 1.54) is 0 Å². The molecule has 1 heterocycles. The number of aromatic nitrogens is 2. The monoisotopic (exact) mass is 421 g/mol. The van der Waals surface area contributed by atoms with Gasteiger partial charge in [0, 0.05) is 16.0 Å². The molecule has 2 aromatic rings. The van der Waals surface area contributed by atoms with E-state index in [2.05, 4.69) is 41.7 Å². The van der Waals surface area contributed by atoms with E-state index in [1.807, 2.05) is 6.92 Å². The molecule has 1 N–H and O–H groups in total. The van der Waals surface area contributed by atoms with Gasteiger partial charge in [-0.15, -0.1) is 0 Å². The molecular weight excluding hydrogens is 410 g/mol.